The standard InChI is InChI=1S/C13H15F2N/c1-3-5-12(4-2)16-9-10-8-11(14)6-7-13(10)15/h2,6-8,12,16H,3,5,9H2,1H3. The van der Waals surface area contributed by atoms with Crippen molar-refractivity contribution in [1.29, 1.82) is 0 Å². The van der Waals surface area contributed by atoms with E-state index in [-0.39, 0.29) is 12.6 Å². The fraction of sp³-hybridized carbons (Fsp3) is 0.385. The van der Waals surface area contributed by atoms with Crippen LogP contribution in [0.25, 0.3) is 0 Å². The molecule has 0 aliphatic rings. The van der Waals surface area contributed by atoms with Gasteiger partial charge in [-0.15, -0.1) is 6.42 Å². The molecule has 86 valence electrons. The van der Waals surface area contributed by atoms with Gasteiger partial charge in [0, 0.05) is 12.1 Å². The molecule has 0 aromatic heterocycles. The second kappa shape index (κ2) is 6.24. The van der Waals surface area contributed by atoms with Crippen LogP contribution >= 0.6 is 0 Å². The third-order valence-corrected chi connectivity index (χ3v) is 2.33. The number of rotatable bonds is 5. The SMILES string of the molecule is C#CC(CCC)NCc1cc(F)ccc1F. The molecule has 1 N–H and O–H groups in total. The van der Waals surface area contributed by atoms with E-state index in [0.717, 1.165) is 25.0 Å². The Kier molecular flexibility index (Phi) is 4.94. The summed E-state index contributed by atoms with van der Waals surface area (Å²) in [5.74, 6) is 1.73. The van der Waals surface area contributed by atoms with Crippen molar-refractivity contribution in [2.24, 2.45) is 0 Å². The van der Waals surface area contributed by atoms with Gasteiger partial charge in [0.25, 0.3) is 0 Å². The summed E-state index contributed by atoms with van der Waals surface area (Å²) in [6.45, 7) is 2.27. The topological polar surface area (TPSA) is 12.0 Å². The normalized spacial score (nSPS) is 12.1. The molecule has 3 heteroatoms. The van der Waals surface area contributed by atoms with Crippen molar-refractivity contribution >= 4 is 0 Å². The monoisotopic (exact) mass is 223 g/mol. The van der Waals surface area contributed by atoms with Crippen LogP contribution in [0.1, 0.15) is 25.3 Å². The molecule has 1 rings (SSSR count). The van der Waals surface area contributed by atoms with Gasteiger partial charge in [0.2, 0.25) is 0 Å². The molecular weight excluding hydrogens is 208 g/mol. The summed E-state index contributed by atoms with van der Waals surface area (Å²) in [4.78, 5) is 0. The van der Waals surface area contributed by atoms with Crippen LogP contribution in [0, 0.1) is 24.0 Å². The molecule has 0 saturated carbocycles. The summed E-state index contributed by atoms with van der Waals surface area (Å²) in [7, 11) is 0. The Labute approximate surface area is 94.9 Å². The molecule has 1 aromatic rings. The minimum atomic E-state index is -0.439. The molecule has 0 bridgehead atoms. The van der Waals surface area contributed by atoms with E-state index in [0.29, 0.717) is 5.56 Å². The highest BCUT2D eigenvalue weighted by Crippen LogP contribution is 2.09. The molecule has 1 aromatic carbocycles. The van der Waals surface area contributed by atoms with Crippen molar-refractivity contribution in [3.8, 4) is 12.3 Å². The molecule has 0 saturated heterocycles. The molecule has 0 aliphatic heterocycles. The van der Waals surface area contributed by atoms with E-state index in [1.54, 1.807) is 0 Å². The van der Waals surface area contributed by atoms with Gasteiger partial charge < -0.3 is 0 Å². The lowest BCUT2D eigenvalue weighted by Crippen LogP contribution is -2.27. The van der Waals surface area contributed by atoms with Crippen molar-refractivity contribution in [2.45, 2.75) is 32.4 Å². The number of terminal acetylenes is 1. The number of halogens is 2. The average Bonchev–Trinajstić information content (AvgIpc) is 2.28. The molecule has 0 fully saturated rings. The lowest BCUT2D eigenvalue weighted by molar-refractivity contribution is 0.532. The molecule has 0 aliphatic carbocycles. The van der Waals surface area contributed by atoms with Crippen LogP contribution < -0.4 is 5.32 Å². The first kappa shape index (κ1) is 12.7. The lowest BCUT2D eigenvalue weighted by Gasteiger charge is -2.12. The first-order valence-electron chi connectivity index (χ1n) is 5.30. The van der Waals surface area contributed by atoms with E-state index in [4.69, 9.17) is 6.42 Å². The second-order valence-electron chi connectivity index (χ2n) is 3.62. The van der Waals surface area contributed by atoms with E-state index in [9.17, 15) is 8.78 Å². The molecular formula is C13H15F2N. The van der Waals surface area contributed by atoms with E-state index in [1.165, 1.54) is 6.07 Å². The van der Waals surface area contributed by atoms with Crippen LogP contribution in [-0.2, 0) is 6.54 Å². The zero-order valence-corrected chi connectivity index (χ0v) is 9.26. The smallest absolute Gasteiger partial charge is 0.127 e. The van der Waals surface area contributed by atoms with E-state index >= 15 is 0 Å². The van der Waals surface area contributed by atoms with Gasteiger partial charge in [-0.2, -0.15) is 0 Å². The van der Waals surface area contributed by atoms with E-state index < -0.39 is 11.6 Å². The van der Waals surface area contributed by atoms with Crippen LogP contribution in [0.2, 0.25) is 0 Å². The number of hydrogen-bond donors (Lipinski definition) is 1. The summed E-state index contributed by atoms with van der Waals surface area (Å²) in [5.41, 5.74) is 0.302. The molecule has 16 heavy (non-hydrogen) atoms. The summed E-state index contributed by atoms with van der Waals surface area (Å²) in [6.07, 6.45) is 7.09. The molecule has 1 atom stereocenters. The molecule has 0 spiro atoms. The van der Waals surface area contributed by atoms with Gasteiger partial charge in [-0.3, -0.25) is 5.32 Å². The highest BCUT2D eigenvalue weighted by molar-refractivity contribution is 5.19. The quantitative estimate of drug-likeness (QED) is 0.757. The highest BCUT2D eigenvalue weighted by atomic mass is 19.1. The minimum absolute atomic E-state index is 0.0901. The van der Waals surface area contributed by atoms with Gasteiger partial charge in [0.1, 0.15) is 11.6 Å². The third kappa shape index (κ3) is 3.63. The average molecular weight is 223 g/mol. The van der Waals surface area contributed by atoms with Crippen molar-refractivity contribution in [3.05, 3.63) is 35.4 Å². The Morgan fingerprint density at radius 2 is 2.19 bits per heavy atom. The van der Waals surface area contributed by atoms with Gasteiger partial charge in [-0.05, 0) is 24.6 Å². The van der Waals surface area contributed by atoms with Crippen LogP contribution in [0.3, 0.4) is 0 Å². The van der Waals surface area contributed by atoms with Gasteiger partial charge in [0.15, 0.2) is 0 Å². The van der Waals surface area contributed by atoms with Crippen LogP contribution in [0.4, 0.5) is 8.78 Å². The van der Waals surface area contributed by atoms with Crippen molar-refractivity contribution in [3.63, 3.8) is 0 Å². The Bertz CT molecular complexity index is 382. The highest BCUT2D eigenvalue weighted by Gasteiger charge is 2.07. The van der Waals surface area contributed by atoms with Gasteiger partial charge in [-0.1, -0.05) is 19.3 Å². The summed E-state index contributed by atoms with van der Waals surface area (Å²) < 4.78 is 26.1. The maximum atomic E-state index is 13.3. The third-order valence-electron chi connectivity index (χ3n) is 2.33. The first-order chi connectivity index (χ1) is 7.67. The molecule has 0 amide bonds. The number of nitrogens with one attached hydrogen (secondary N) is 1. The van der Waals surface area contributed by atoms with E-state index in [2.05, 4.69) is 11.2 Å². The number of hydrogen-bond acceptors (Lipinski definition) is 1. The van der Waals surface area contributed by atoms with E-state index in [1.807, 2.05) is 6.92 Å². The maximum absolute atomic E-state index is 13.3. The fourth-order valence-corrected chi connectivity index (χ4v) is 1.44. The van der Waals surface area contributed by atoms with Gasteiger partial charge in [0.05, 0.1) is 6.04 Å². The summed E-state index contributed by atoms with van der Waals surface area (Å²) in [5, 5.41) is 3.01. The fourth-order valence-electron chi connectivity index (χ4n) is 1.44. The minimum Gasteiger partial charge on any atom is -0.299 e. The van der Waals surface area contributed by atoms with Crippen molar-refractivity contribution in [2.75, 3.05) is 0 Å². The predicted molar refractivity (Wildman–Crippen MR) is 60.7 cm³/mol. The Morgan fingerprint density at radius 3 is 2.81 bits per heavy atom. The summed E-state index contributed by atoms with van der Waals surface area (Å²) >= 11 is 0. The maximum Gasteiger partial charge on any atom is 0.127 e. The Hall–Kier alpha value is -1.40. The lowest BCUT2D eigenvalue weighted by atomic mass is 10.1. The zero-order chi connectivity index (χ0) is 12.0. The zero-order valence-electron chi connectivity index (χ0n) is 9.26. The Balaban J connectivity index is 2.60. The second-order valence-corrected chi connectivity index (χ2v) is 3.62. The molecule has 0 heterocycles. The van der Waals surface area contributed by atoms with Gasteiger partial charge in [-0.25, -0.2) is 8.78 Å². The molecule has 1 nitrogen and oxygen atoms in total. The van der Waals surface area contributed by atoms with Gasteiger partial charge >= 0.3 is 0 Å². The summed E-state index contributed by atoms with van der Waals surface area (Å²) in [6, 6.07) is 3.32. The molecule has 1 unspecified atom stereocenters. The Morgan fingerprint density at radius 1 is 1.44 bits per heavy atom. The predicted octanol–water partition coefficient (Wildman–Crippen LogP) is 2.86. The van der Waals surface area contributed by atoms with Crippen molar-refractivity contribution < 1.29 is 8.78 Å². The van der Waals surface area contributed by atoms with Crippen LogP contribution in [-0.4, -0.2) is 6.04 Å². The first-order valence-corrected chi connectivity index (χ1v) is 5.30. The largest absolute Gasteiger partial charge is 0.299 e. The van der Waals surface area contributed by atoms with Crippen LogP contribution in [0.5, 0.6) is 0 Å². The molecule has 0 radical (unpaired) electrons. The number of benzene rings is 1. The van der Waals surface area contributed by atoms with Crippen molar-refractivity contribution in [1.82, 2.24) is 5.32 Å². The van der Waals surface area contributed by atoms with Crippen LogP contribution in [0.15, 0.2) is 18.2 Å².